The van der Waals surface area contributed by atoms with Crippen molar-refractivity contribution >= 4 is 11.8 Å². The summed E-state index contributed by atoms with van der Waals surface area (Å²) in [7, 11) is 0. The summed E-state index contributed by atoms with van der Waals surface area (Å²) >= 11 is 0. The number of rotatable bonds is 4. The van der Waals surface area contributed by atoms with Crippen molar-refractivity contribution in [1.82, 2.24) is 10.2 Å². The standard InChI is InChI=1S/C17H24N2O2/c1-4-17(2,3)19-11-10-15(20)18-14(16(19)21)12-13-8-6-5-7-9-13/h5-9,14H,4,10-12H2,1-3H3,(H,18,20). The molecule has 21 heavy (non-hydrogen) atoms. The zero-order chi connectivity index (χ0) is 15.5. The lowest BCUT2D eigenvalue weighted by atomic mass is 9.97. The molecule has 1 saturated heterocycles. The first kappa shape index (κ1) is 15.5. The fourth-order valence-corrected chi connectivity index (χ4v) is 2.62. The number of carbonyl (C=O) groups is 2. The molecule has 2 rings (SSSR count). The summed E-state index contributed by atoms with van der Waals surface area (Å²) in [5.41, 5.74) is 0.838. The molecule has 0 bridgehead atoms. The number of benzene rings is 1. The first-order valence-electron chi connectivity index (χ1n) is 7.59. The Bertz CT molecular complexity index is 511. The Balaban J connectivity index is 2.22. The molecule has 1 aliphatic heterocycles. The van der Waals surface area contributed by atoms with Crippen molar-refractivity contribution < 1.29 is 9.59 Å². The molecule has 2 amide bonds. The molecule has 1 fully saturated rings. The van der Waals surface area contributed by atoms with Gasteiger partial charge in [-0.05, 0) is 25.8 Å². The highest BCUT2D eigenvalue weighted by atomic mass is 16.2. The van der Waals surface area contributed by atoms with Gasteiger partial charge in [0.05, 0.1) is 0 Å². The average molecular weight is 288 g/mol. The molecule has 1 atom stereocenters. The van der Waals surface area contributed by atoms with E-state index < -0.39 is 6.04 Å². The SMILES string of the molecule is CCC(C)(C)N1CCC(=O)NC(Cc2ccccc2)C1=O. The predicted molar refractivity (Wildman–Crippen MR) is 82.8 cm³/mol. The van der Waals surface area contributed by atoms with Crippen LogP contribution in [0.3, 0.4) is 0 Å². The van der Waals surface area contributed by atoms with Gasteiger partial charge in [-0.15, -0.1) is 0 Å². The second-order valence-corrected chi connectivity index (χ2v) is 6.22. The molecule has 1 N–H and O–H groups in total. The Hall–Kier alpha value is -1.84. The monoisotopic (exact) mass is 288 g/mol. The van der Waals surface area contributed by atoms with Gasteiger partial charge in [-0.2, -0.15) is 0 Å². The third kappa shape index (κ3) is 3.63. The summed E-state index contributed by atoms with van der Waals surface area (Å²) in [4.78, 5) is 26.6. The van der Waals surface area contributed by atoms with Crippen molar-refractivity contribution in [3.8, 4) is 0 Å². The minimum absolute atomic E-state index is 0.0246. The first-order chi connectivity index (χ1) is 9.94. The summed E-state index contributed by atoms with van der Waals surface area (Å²) in [5, 5.41) is 2.87. The number of nitrogens with zero attached hydrogens (tertiary/aromatic N) is 1. The zero-order valence-corrected chi connectivity index (χ0v) is 13.1. The van der Waals surface area contributed by atoms with Gasteiger partial charge in [0, 0.05) is 24.9 Å². The number of carbonyl (C=O) groups excluding carboxylic acids is 2. The van der Waals surface area contributed by atoms with Gasteiger partial charge in [-0.25, -0.2) is 0 Å². The van der Waals surface area contributed by atoms with Crippen molar-refractivity contribution in [3.63, 3.8) is 0 Å². The van der Waals surface area contributed by atoms with Gasteiger partial charge in [0.1, 0.15) is 6.04 Å². The highest BCUT2D eigenvalue weighted by Gasteiger charge is 2.36. The molecule has 1 aromatic rings. The van der Waals surface area contributed by atoms with Crippen molar-refractivity contribution in [2.75, 3.05) is 6.54 Å². The Morgan fingerprint density at radius 2 is 1.90 bits per heavy atom. The fraction of sp³-hybridized carbons (Fsp3) is 0.529. The molecule has 0 saturated carbocycles. The van der Waals surface area contributed by atoms with Gasteiger partial charge in [-0.3, -0.25) is 9.59 Å². The van der Waals surface area contributed by atoms with Crippen LogP contribution in [0.1, 0.15) is 39.2 Å². The molecule has 1 unspecified atom stereocenters. The van der Waals surface area contributed by atoms with Gasteiger partial charge in [0.2, 0.25) is 11.8 Å². The van der Waals surface area contributed by atoms with Crippen LogP contribution >= 0.6 is 0 Å². The Labute approximate surface area is 126 Å². The van der Waals surface area contributed by atoms with Gasteiger partial charge < -0.3 is 10.2 Å². The molecular weight excluding hydrogens is 264 g/mol. The highest BCUT2D eigenvalue weighted by molar-refractivity contribution is 5.90. The second-order valence-electron chi connectivity index (χ2n) is 6.22. The van der Waals surface area contributed by atoms with Crippen LogP contribution in [0.25, 0.3) is 0 Å². The van der Waals surface area contributed by atoms with Gasteiger partial charge in [-0.1, -0.05) is 37.3 Å². The lowest BCUT2D eigenvalue weighted by molar-refractivity contribution is -0.138. The normalized spacial score (nSPS) is 20.1. The highest BCUT2D eigenvalue weighted by Crippen LogP contribution is 2.22. The van der Waals surface area contributed by atoms with Gasteiger partial charge in [0.15, 0.2) is 0 Å². The Kier molecular flexibility index (Phi) is 4.66. The van der Waals surface area contributed by atoms with Gasteiger partial charge >= 0.3 is 0 Å². The first-order valence-corrected chi connectivity index (χ1v) is 7.59. The van der Waals surface area contributed by atoms with E-state index in [1.807, 2.05) is 35.2 Å². The Morgan fingerprint density at radius 1 is 1.24 bits per heavy atom. The summed E-state index contributed by atoms with van der Waals surface area (Å²) < 4.78 is 0. The molecule has 1 aromatic carbocycles. The molecule has 0 aliphatic carbocycles. The summed E-state index contributed by atoms with van der Waals surface area (Å²) in [6, 6.07) is 9.36. The van der Waals surface area contributed by atoms with E-state index in [0.717, 1.165) is 12.0 Å². The molecule has 0 spiro atoms. The molecule has 4 heteroatoms. The van der Waals surface area contributed by atoms with E-state index in [9.17, 15) is 9.59 Å². The van der Waals surface area contributed by atoms with E-state index in [0.29, 0.717) is 19.4 Å². The maximum Gasteiger partial charge on any atom is 0.245 e. The molecule has 1 heterocycles. The number of amides is 2. The minimum atomic E-state index is -0.465. The van der Waals surface area contributed by atoms with E-state index in [4.69, 9.17) is 0 Å². The topological polar surface area (TPSA) is 49.4 Å². The third-order valence-electron chi connectivity index (χ3n) is 4.34. The van der Waals surface area contributed by atoms with Crippen LogP contribution in [-0.2, 0) is 16.0 Å². The molecular formula is C17H24N2O2. The summed E-state index contributed by atoms with van der Waals surface area (Å²) in [5.74, 6) is -0.0183. The van der Waals surface area contributed by atoms with Crippen molar-refractivity contribution in [2.45, 2.75) is 51.6 Å². The quantitative estimate of drug-likeness (QED) is 0.922. The van der Waals surface area contributed by atoms with Crippen LogP contribution in [0.5, 0.6) is 0 Å². The Morgan fingerprint density at radius 3 is 2.52 bits per heavy atom. The second kappa shape index (κ2) is 6.29. The maximum absolute atomic E-state index is 12.8. The lowest BCUT2D eigenvalue weighted by Gasteiger charge is -2.38. The number of nitrogens with one attached hydrogen (secondary N) is 1. The molecule has 4 nitrogen and oxygen atoms in total. The fourth-order valence-electron chi connectivity index (χ4n) is 2.62. The number of hydrogen-bond acceptors (Lipinski definition) is 2. The van der Waals surface area contributed by atoms with E-state index in [-0.39, 0.29) is 17.4 Å². The maximum atomic E-state index is 12.8. The molecule has 1 aliphatic rings. The van der Waals surface area contributed by atoms with E-state index in [1.54, 1.807) is 0 Å². The van der Waals surface area contributed by atoms with Crippen LogP contribution in [0.4, 0.5) is 0 Å². The van der Waals surface area contributed by atoms with Crippen molar-refractivity contribution in [2.24, 2.45) is 0 Å². The summed E-state index contributed by atoms with van der Waals surface area (Å²) in [6.45, 7) is 6.68. The average Bonchev–Trinajstić information content (AvgIpc) is 2.60. The smallest absolute Gasteiger partial charge is 0.245 e. The predicted octanol–water partition coefficient (Wildman–Crippen LogP) is 2.13. The molecule has 0 aromatic heterocycles. The zero-order valence-electron chi connectivity index (χ0n) is 13.1. The van der Waals surface area contributed by atoms with Crippen LogP contribution in [0, 0.1) is 0 Å². The van der Waals surface area contributed by atoms with Crippen LogP contribution in [-0.4, -0.2) is 34.8 Å². The third-order valence-corrected chi connectivity index (χ3v) is 4.34. The summed E-state index contributed by atoms with van der Waals surface area (Å²) in [6.07, 6.45) is 1.78. The van der Waals surface area contributed by atoms with Crippen LogP contribution < -0.4 is 5.32 Å². The largest absolute Gasteiger partial charge is 0.344 e. The minimum Gasteiger partial charge on any atom is -0.344 e. The van der Waals surface area contributed by atoms with Gasteiger partial charge in [0.25, 0.3) is 0 Å². The lowest BCUT2D eigenvalue weighted by Crippen LogP contribution is -2.53. The van der Waals surface area contributed by atoms with Crippen molar-refractivity contribution in [3.05, 3.63) is 35.9 Å². The van der Waals surface area contributed by atoms with E-state index in [1.165, 1.54) is 0 Å². The van der Waals surface area contributed by atoms with Crippen molar-refractivity contribution in [1.29, 1.82) is 0 Å². The van der Waals surface area contributed by atoms with E-state index in [2.05, 4.69) is 26.1 Å². The molecule has 0 radical (unpaired) electrons. The van der Waals surface area contributed by atoms with Crippen LogP contribution in [0.15, 0.2) is 30.3 Å². The number of hydrogen-bond donors (Lipinski definition) is 1. The van der Waals surface area contributed by atoms with Crippen LogP contribution in [0.2, 0.25) is 0 Å². The van der Waals surface area contributed by atoms with E-state index >= 15 is 0 Å². The molecule has 114 valence electrons.